The van der Waals surface area contributed by atoms with E-state index >= 15 is 0 Å². The van der Waals surface area contributed by atoms with Crippen LogP contribution in [-0.2, 0) is 13.1 Å². The molecule has 2 aromatic heterocycles. The van der Waals surface area contributed by atoms with Gasteiger partial charge in [-0.05, 0) is 6.92 Å². The zero-order valence-electron chi connectivity index (χ0n) is 12.1. The van der Waals surface area contributed by atoms with Crippen LogP contribution in [0.25, 0.3) is 0 Å². The maximum Gasteiger partial charge on any atom is 0.180 e. The Hall–Kier alpha value is -1.47. The fraction of sp³-hybridized carbons (Fsp3) is 0.615. The Morgan fingerprint density at radius 2 is 2.20 bits per heavy atom. The number of aromatic nitrogens is 4. The number of hydrogen-bond donors (Lipinski definition) is 1. The van der Waals surface area contributed by atoms with E-state index in [-0.39, 0.29) is 6.04 Å². The largest absolute Gasteiger partial charge is 0.375 e. The molecular formula is C13H20N6S. The predicted molar refractivity (Wildman–Crippen MR) is 79.5 cm³/mol. The van der Waals surface area contributed by atoms with Crippen LogP contribution in [-0.4, -0.2) is 31.2 Å². The lowest BCUT2D eigenvalue weighted by Crippen LogP contribution is -2.37. The maximum atomic E-state index is 5.69. The molecule has 0 fully saturated rings. The van der Waals surface area contributed by atoms with E-state index < -0.39 is 0 Å². The van der Waals surface area contributed by atoms with Gasteiger partial charge in [0.15, 0.2) is 5.13 Å². The van der Waals surface area contributed by atoms with Crippen molar-refractivity contribution >= 4 is 16.5 Å². The maximum absolute atomic E-state index is 5.69. The van der Waals surface area contributed by atoms with Crippen LogP contribution >= 0.6 is 11.3 Å². The minimum Gasteiger partial charge on any atom is -0.375 e. The van der Waals surface area contributed by atoms with Gasteiger partial charge in [0, 0.05) is 36.6 Å². The summed E-state index contributed by atoms with van der Waals surface area (Å²) >= 11 is 1.56. The summed E-state index contributed by atoms with van der Waals surface area (Å²) < 4.78 is 2.27. The summed E-state index contributed by atoms with van der Waals surface area (Å²) in [6, 6.07) is 0.270. The van der Waals surface area contributed by atoms with E-state index in [2.05, 4.69) is 45.4 Å². The Morgan fingerprint density at radius 3 is 2.85 bits per heavy atom. The molecule has 1 atom stereocenters. The number of hydrogen-bond acceptors (Lipinski definition) is 6. The first-order valence-electron chi connectivity index (χ1n) is 6.93. The second kappa shape index (κ2) is 5.14. The molecule has 7 heteroatoms. The van der Waals surface area contributed by atoms with Gasteiger partial charge in [-0.15, -0.1) is 21.5 Å². The summed E-state index contributed by atoms with van der Waals surface area (Å²) in [5, 5.41) is 9.37. The number of anilines is 1. The normalized spacial score (nSPS) is 19.5. The van der Waals surface area contributed by atoms with Crippen molar-refractivity contribution in [1.82, 2.24) is 24.6 Å². The van der Waals surface area contributed by atoms with Crippen molar-refractivity contribution in [2.24, 2.45) is 0 Å². The van der Waals surface area contributed by atoms with Gasteiger partial charge in [-0.2, -0.15) is 0 Å². The van der Waals surface area contributed by atoms with E-state index in [0.717, 1.165) is 31.3 Å². The van der Waals surface area contributed by atoms with Crippen LogP contribution in [0.15, 0.2) is 6.20 Å². The number of nitrogens with two attached hydrogens (primary N) is 1. The Labute approximate surface area is 122 Å². The van der Waals surface area contributed by atoms with Gasteiger partial charge in [-0.3, -0.25) is 4.90 Å². The molecule has 6 nitrogen and oxygen atoms in total. The van der Waals surface area contributed by atoms with Gasteiger partial charge in [0.2, 0.25) is 0 Å². The lowest BCUT2D eigenvalue weighted by molar-refractivity contribution is 0.156. The van der Waals surface area contributed by atoms with Crippen molar-refractivity contribution in [1.29, 1.82) is 0 Å². The third kappa shape index (κ3) is 2.31. The molecule has 20 heavy (non-hydrogen) atoms. The first-order valence-corrected chi connectivity index (χ1v) is 7.75. The quantitative estimate of drug-likeness (QED) is 0.937. The molecule has 0 spiro atoms. The highest BCUT2D eigenvalue weighted by Gasteiger charge is 2.28. The molecule has 2 aromatic rings. The molecule has 3 heterocycles. The van der Waals surface area contributed by atoms with Gasteiger partial charge in [-0.25, -0.2) is 4.98 Å². The minimum absolute atomic E-state index is 0.270. The Kier molecular flexibility index (Phi) is 3.47. The monoisotopic (exact) mass is 292 g/mol. The summed E-state index contributed by atoms with van der Waals surface area (Å²) in [5.74, 6) is 2.57. The zero-order chi connectivity index (χ0) is 14.3. The zero-order valence-corrected chi connectivity index (χ0v) is 12.9. The van der Waals surface area contributed by atoms with E-state index in [1.165, 1.54) is 4.88 Å². The number of nitrogens with zero attached hydrogens (tertiary/aromatic N) is 5. The van der Waals surface area contributed by atoms with E-state index in [0.29, 0.717) is 11.0 Å². The van der Waals surface area contributed by atoms with Crippen LogP contribution in [0.3, 0.4) is 0 Å². The van der Waals surface area contributed by atoms with Crippen molar-refractivity contribution in [2.45, 2.75) is 45.8 Å². The molecule has 0 amide bonds. The van der Waals surface area contributed by atoms with Crippen molar-refractivity contribution in [2.75, 3.05) is 12.3 Å². The molecule has 3 rings (SSSR count). The lowest BCUT2D eigenvalue weighted by atomic mass is 10.1. The molecule has 108 valence electrons. The second-order valence-electron chi connectivity index (χ2n) is 5.53. The molecular weight excluding hydrogens is 272 g/mol. The molecule has 1 aliphatic rings. The Bertz CT molecular complexity index is 602. The van der Waals surface area contributed by atoms with Crippen LogP contribution in [0.2, 0.25) is 0 Å². The van der Waals surface area contributed by atoms with Crippen LogP contribution in [0, 0.1) is 0 Å². The fourth-order valence-corrected chi connectivity index (χ4v) is 3.40. The molecule has 2 N–H and O–H groups in total. The Balaban J connectivity index is 1.80. The number of fused-ring (bicyclic) bond motifs is 1. The Morgan fingerprint density at radius 1 is 1.40 bits per heavy atom. The summed E-state index contributed by atoms with van der Waals surface area (Å²) in [4.78, 5) is 7.72. The van der Waals surface area contributed by atoms with E-state index in [9.17, 15) is 0 Å². The molecule has 0 saturated carbocycles. The summed E-state index contributed by atoms with van der Waals surface area (Å²) in [6.07, 6.45) is 1.87. The van der Waals surface area contributed by atoms with Gasteiger partial charge in [0.25, 0.3) is 0 Å². The first-order chi connectivity index (χ1) is 9.56. The minimum atomic E-state index is 0.270. The van der Waals surface area contributed by atoms with Gasteiger partial charge in [0.05, 0.1) is 6.04 Å². The van der Waals surface area contributed by atoms with E-state index in [1.54, 1.807) is 11.3 Å². The molecule has 0 aromatic carbocycles. The van der Waals surface area contributed by atoms with Crippen molar-refractivity contribution in [3.63, 3.8) is 0 Å². The highest BCUT2D eigenvalue weighted by molar-refractivity contribution is 7.15. The van der Waals surface area contributed by atoms with Gasteiger partial charge in [0.1, 0.15) is 11.6 Å². The van der Waals surface area contributed by atoms with Gasteiger partial charge >= 0.3 is 0 Å². The molecule has 0 radical (unpaired) electrons. The highest BCUT2D eigenvalue weighted by atomic mass is 32.1. The molecule has 1 aliphatic heterocycles. The number of thiazole rings is 1. The third-order valence-electron chi connectivity index (χ3n) is 3.79. The summed E-state index contributed by atoms with van der Waals surface area (Å²) in [5.41, 5.74) is 5.69. The fourth-order valence-electron chi connectivity index (χ4n) is 2.69. The van der Waals surface area contributed by atoms with Crippen molar-refractivity contribution < 1.29 is 0 Å². The smallest absolute Gasteiger partial charge is 0.180 e. The highest BCUT2D eigenvalue weighted by Crippen LogP contribution is 2.29. The third-order valence-corrected chi connectivity index (χ3v) is 4.60. The first kappa shape index (κ1) is 13.5. The van der Waals surface area contributed by atoms with Gasteiger partial charge in [-0.1, -0.05) is 13.8 Å². The number of rotatable bonds is 3. The van der Waals surface area contributed by atoms with E-state index in [1.807, 2.05) is 6.20 Å². The van der Waals surface area contributed by atoms with Crippen LogP contribution in [0.5, 0.6) is 0 Å². The van der Waals surface area contributed by atoms with Crippen molar-refractivity contribution in [3.8, 4) is 0 Å². The summed E-state index contributed by atoms with van der Waals surface area (Å²) in [6.45, 7) is 9.34. The molecule has 1 unspecified atom stereocenters. The number of nitrogen functional groups attached to an aromatic ring is 1. The van der Waals surface area contributed by atoms with E-state index in [4.69, 9.17) is 5.73 Å². The summed E-state index contributed by atoms with van der Waals surface area (Å²) in [7, 11) is 0. The SMILES string of the molecule is CC(C)c1nnc2n1CCN(Cc1cnc(N)s1)C2C. The molecule has 0 aliphatic carbocycles. The van der Waals surface area contributed by atoms with Crippen LogP contribution < -0.4 is 5.73 Å². The second-order valence-corrected chi connectivity index (χ2v) is 6.68. The average Bonchev–Trinajstić information content (AvgIpc) is 2.99. The molecule has 0 bridgehead atoms. The topological polar surface area (TPSA) is 72.9 Å². The average molecular weight is 292 g/mol. The predicted octanol–water partition coefficient (Wildman–Crippen LogP) is 2.02. The standard InChI is InChI=1S/C13H20N6S/c1-8(2)11-16-17-12-9(3)18(4-5-19(11)12)7-10-6-15-13(14)20-10/h6,8-9H,4-5,7H2,1-3H3,(H2,14,15). The van der Waals surface area contributed by atoms with Crippen LogP contribution in [0.4, 0.5) is 5.13 Å². The van der Waals surface area contributed by atoms with Crippen molar-refractivity contribution in [3.05, 3.63) is 22.7 Å². The lowest BCUT2D eigenvalue weighted by Gasteiger charge is -2.33. The van der Waals surface area contributed by atoms with Crippen LogP contribution in [0.1, 0.15) is 49.3 Å². The van der Waals surface area contributed by atoms with Gasteiger partial charge < -0.3 is 10.3 Å². The molecule has 0 saturated heterocycles.